The van der Waals surface area contributed by atoms with E-state index < -0.39 is 128 Å². The number of benzene rings is 2. The van der Waals surface area contributed by atoms with Gasteiger partial charge in [0.1, 0.15) is 52.1 Å². The summed E-state index contributed by atoms with van der Waals surface area (Å²) < 4.78 is 17.3. The zero-order chi connectivity index (χ0) is 32.3. The summed E-state index contributed by atoms with van der Waals surface area (Å²) in [6, 6.07) is 2.12. The molecule has 2 aliphatic heterocycles. The lowest BCUT2D eigenvalue weighted by Crippen LogP contribution is -2.62. The fourth-order valence-corrected chi connectivity index (χ4v) is 9.16. The highest BCUT2D eigenvalue weighted by atomic mass is 35.5. The molecule has 9 rings (SSSR count). The van der Waals surface area contributed by atoms with Gasteiger partial charge < -0.3 is 44.8 Å². The Bertz CT molecular complexity index is 1900. The van der Waals surface area contributed by atoms with Crippen molar-refractivity contribution in [2.24, 2.45) is 11.3 Å². The van der Waals surface area contributed by atoms with Gasteiger partial charge in [-0.05, 0) is 37.5 Å². The van der Waals surface area contributed by atoms with Gasteiger partial charge in [0.15, 0.2) is 17.3 Å². The molecule has 2 heterocycles. The highest BCUT2D eigenvalue weighted by Gasteiger charge is 2.82. The van der Waals surface area contributed by atoms with Crippen LogP contribution in [0.25, 0.3) is 5.76 Å². The first-order valence-electron chi connectivity index (χ1n) is 14.2. The average molecular weight is 671 g/mol. The van der Waals surface area contributed by atoms with E-state index in [2.05, 4.69) is 0 Å². The highest BCUT2D eigenvalue weighted by Crippen LogP contribution is 2.73. The summed E-state index contributed by atoms with van der Waals surface area (Å²) in [7, 11) is 0.995. The number of rotatable bonds is 1. The quantitative estimate of drug-likeness (QED) is 0.110. The van der Waals surface area contributed by atoms with E-state index in [0.717, 1.165) is 19.2 Å². The third-order valence-corrected chi connectivity index (χ3v) is 11.2. The van der Waals surface area contributed by atoms with Crippen LogP contribution >= 0.6 is 11.6 Å². The van der Waals surface area contributed by atoms with Crippen molar-refractivity contribution < 1.29 is 64.0 Å². The molecule has 1 spiro atoms. The molecule has 7 aliphatic rings. The molecule has 2 bridgehead atoms. The Labute approximate surface area is 258 Å². The second-order valence-corrected chi connectivity index (χ2v) is 13.1. The smallest absolute Gasteiger partial charge is 0.358 e. The number of aliphatic hydroxyl groups excluding tert-OH is 3. The minimum atomic E-state index is -2.57. The fourth-order valence-electron chi connectivity index (χ4n) is 8.89. The van der Waals surface area contributed by atoms with Gasteiger partial charge in [-0.1, -0.05) is 11.6 Å². The fraction of sp³-hybridized carbons (Fsp3) is 0.419. The molecule has 234 valence electrons. The third-order valence-electron chi connectivity index (χ3n) is 10.8. The number of carbonyl (C=O) groups excluding carboxylic acids is 4. The number of esters is 1. The number of Topliss-reactive ketones (excluding diaryl/α,β-unsaturated/α-hetero) is 3. The van der Waals surface area contributed by atoms with E-state index in [9.17, 15) is 49.8 Å². The summed E-state index contributed by atoms with van der Waals surface area (Å²) >= 11 is 6.76. The predicted molar refractivity (Wildman–Crippen MR) is 148 cm³/mol. The number of phenolic OH excluding ortho intramolecular Hbond substituents is 3. The first-order chi connectivity index (χ1) is 21.2. The Morgan fingerprint density at radius 3 is 2.36 bits per heavy atom. The van der Waals surface area contributed by atoms with Gasteiger partial charge in [0, 0.05) is 17.9 Å². The normalized spacial score (nSPS) is 36.9. The molecule has 5 aliphatic carbocycles. The summed E-state index contributed by atoms with van der Waals surface area (Å²) in [5, 5.41) is 67.2. The van der Waals surface area contributed by atoms with E-state index in [1.54, 1.807) is 6.92 Å². The third kappa shape index (κ3) is 2.87. The molecule has 2 aromatic carbocycles. The monoisotopic (exact) mass is 670 g/mol. The summed E-state index contributed by atoms with van der Waals surface area (Å²) in [5.74, 6) is -9.63. The molecule has 2 saturated carbocycles. The van der Waals surface area contributed by atoms with Gasteiger partial charge in [-0.25, -0.2) is 4.79 Å². The van der Waals surface area contributed by atoms with Crippen LogP contribution in [0.15, 0.2) is 17.7 Å². The molecule has 6 N–H and O–H groups in total. The van der Waals surface area contributed by atoms with Gasteiger partial charge in [0.2, 0.25) is 0 Å². The minimum Gasteiger partial charge on any atom is -0.507 e. The predicted octanol–water partition coefficient (Wildman–Crippen LogP) is 1.61. The average Bonchev–Trinajstić information content (AvgIpc) is 3.73. The number of aliphatic hydroxyl groups is 3. The highest BCUT2D eigenvalue weighted by molar-refractivity contribution is 6.34. The maximum atomic E-state index is 14.5. The number of ketones is 3. The molecule has 13 nitrogen and oxygen atoms in total. The van der Waals surface area contributed by atoms with Crippen LogP contribution in [0.1, 0.15) is 63.1 Å². The van der Waals surface area contributed by atoms with Gasteiger partial charge in [-0.3, -0.25) is 14.4 Å². The molecule has 8 atom stereocenters. The first kappa shape index (κ1) is 28.3. The molecular weight excluding hydrogens is 646 g/mol. The van der Waals surface area contributed by atoms with Crippen LogP contribution in [0.4, 0.5) is 0 Å². The lowest BCUT2D eigenvalue weighted by molar-refractivity contribution is -0.169. The van der Waals surface area contributed by atoms with E-state index in [1.165, 1.54) is 0 Å². The number of hydrogen-bond acceptors (Lipinski definition) is 13. The molecular formula is C31H25ClO13. The topological polar surface area (TPSA) is 221 Å². The number of aromatic hydroxyl groups is 3. The lowest BCUT2D eigenvalue weighted by atomic mass is 10.5. The molecule has 14 heteroatoms. The van der Waals surface area contributed by atoms with Gasteiger partial charge in [-0.15, -0.1) is 0 Å². The van der Waals surface area contributed by atoms with E-state index in [-0.39, 0.29) is 29.0 Å². The Morgan fingerprint density at radius 2 is 1.69 bits per heavy atom. The summed E-state index contributed by atoms with van der Waals surface area (Å²) in [6.45, 7) is 1.58. The van der Waals surface area contributed by atoms with Crippen LogP contribution < -0.4 is 4.74 Å². The maximum absolute atomic E-state index is 14.5. The lowest BCUT2D eigenvalue weighted by Gasteiger charge is -2.47. The van der Waals surface area contributed by atoms with Crippen molar-refractivity contribution in [3.05, 3.63) is 50.5 Å². The summed E-state index contributed by atoms with van der Waals surface area (Å²) in [6.07, 6.45) is -5.40. The van der Waals surface area contributed by atoms with E-state index in [0.29, 0.717) is 0 Å². The molecule has 0 aromatic heterocycles. The Morgan fingerprint density at radius 1 is 1.02 bits per heavy atom. The molecule has 0 radical (unpaired) electrons. The Hall–Kier alpha value is -4.17. The molecule has 3 fully saturated rings. The molecule has 0 amide bonds. The number of halogens is 1. The van der Waals surface area contributed by atoms with E-state index >= 15 is 0 Å². The number of ether oxygens (including phenoxy) is 3. The molecule has 3 unspecified atom stereocenters. The van der Waals surface area contributed by atoms with Crippen molar-refractivity contribution in [3.8, 4) is 23.0 Å². The first-order valence-corrected chi connectivity index (χ1v) is 14.6. The molecule has 1 saturated heterocycles. The second kappa shape index (κ2) is 8.35. The zero-order valence-electron chi connectivity index (χ0n) is 23.6. The SMILES string of the molecule is C[13C@@]12O[13C@@H]1[13C@@]13[13CH2][13c]4[13c](Cl)[13c](O)[13c]5[13c]([13c]4[13C@@H]2[13CH](O)[13CH]1[13C](=O)[13c]1[13c](O)[13cH][13cH][13c](O)[13c]1[13C]3=O)O[13C@]1([13C](=O)O[13CH3])[13C](=[13C]5O)[13C](=O)[13CH2][13CH2][13CH]1O. The van der Waals surface area contributed by atoms with Gasteiger partial charge in [0.25, 0.3) is 5.60 Å². The van der Waals surface area contributed by atoms with Crippen LogP contribution in [0.2, 0.25) is 5.02 Å². The van der Waals surface area contributed by atoms with Crippen molar-refractivity contribution in [1.82, 2.24) is 0 Å². The van der Waals surface area contributed by atoms with Crippen molar-refractivity contribution in [2.75, 3.05) is 7.11 Å². The van der Waals surface area contributed by atoms with Crippen LogP contribution in [-0.2, 0) is 25.5 Å². The number of epoxide rings is 1. The van der Waals surface area contributed by atoms with Gasteiger partial charge in [-0.2, -0.15) is 0 Å². The standard InChI is InChI=1S/C31H25ClO13/c1-29-18-13-8(7-30(27(29)45-29)19(24(18)40)21(37)14-9(33)3-4-10(34)15(14)26(30)41)20(32)23(39)16-22(38)17-11(35)5-6-12(36)31(17,28(42)43-2)44-25(13)16/h3-4,12,18-19,24,27,33-34,36,38-40H,5-7H2,1-2H3/t12?,18-,19?,24?,27+,29+,30+,31+/m1/s1/i2+1,3+1,4+1,5+1,6+1,7+1,8+1,9+1,10+1,11+1,12+1,13+1,14+1,15+1,16+1,17+1,18+1,19+1,20+1,21+1,22+1,23+1,24+1,25+1,26+1,27+1,28+1,29+1,30+1,31+1. The van der Waals surface area contributed by atoms with Crippen LogP contribution in [-0.4, -0.2) is 90.6 Å². The molecule has 45 heavy (non-hydrogen) atoms. The van der Waals surface area contributed by atoms with Crippen molar-refractivity contribution >= 4 is 40.7 Å². The van der Waals surface area contributed by atoms with Crippen molar-refractivity contribution in [3.63, 3.8) is 0 Å². The number of methoxy groups -OCH3 is 1. The van der Waals surface area contributed by atoms with Gasteiger partial charge >= 0.3 is 5.97 Å². The van der Waals surface area contributed by atoms with Crippen molar-refractivity contribution in [1.29, 1.82) is 0 Å². The Kier molecular flexibility index (Phi) is 5.25. The minimum absolute atomic E-state index is 0.0197. The van der Waals surface area contributed by atoms with E-state index in [1.807, 2.05) is 0 Å². The summed E-state index contributed by atoms with van der Waals surface area (Å²) in [5.41, 5.74) is -7.87. The second-order valence-electron chi connectivity index (χ2n) is 12.7. The van der Waals surface area contributed by atoms with Crippen LogP contribution in [0.5, 0.6) is 23.0 Å². The molecule has 2 aromatic rings. The number of hydrogen-bond donors (Lipinski definition) is 6. The zero-order valence-corrected chi connectivity index (χ0v) is 24.3. The van der Waals surface area contributed by atoms with Crippen LogP contribution in [0, 0.1) is 11.3 Å². The number of phenols is 3. The summed E-state index contributed by atoms with van der Waals surface area (Å²) in [4.78, 5) is 55.1. The van der Waals surface area contributed by atoms with Crippen molar-refractivity contribution in [2.45, 2.75) is 61.6 Å². The van der Waals surface area contributed by atoms with Crippen LogP contribution in [0.3, 0.4) is 0 Å². The number of carbonyl (C=O) groups is 4. The maximum Gasteiger partial charge on any atom is 0.358 e. The van der Waals surface area contributed by atoms with Gasteiger partial charge in [0.05, 0.1) is 46.3 Å². The van der Waals surface area contributed by atoms with E-state index in [4.69, 9.17) is 25.8 Å². The largest absolute Gasteiger partial charge is 0.507 e. The Balaban J connectivity index is 1.46. The number of fused-ring (bicyclic) bond motifs is 3.